The minimum absolute atomic E-state index is 0.147. The first kappa shape index (κ1) is 16.2. The number of nitrogens with zero attached hydrogens (tertiary/aromatic N) is 5. The van der Waals surface area contributed by atoms with Crippen molar-refractivity contribution in [1.82, 2.24) is 30.0 Å². The van der Waals surface area contributed by atoms with Crippen LogP contribution in [0.4, 0.5) is 0 Å². The maximum atomic E-state index is 12.0. The Kier molecular flexibility index (Phi) is 4.25. The summed E-state index contributed by atoms with van der Waals surface area (Å²) in [6.45, 7) is 4.03. The molecule has 1 saturated heterocycles. The summed E-state index contributed by atoms with van der Waals surface area (Å²) in [7, 11) is 1.64. The summed E-state index contributed by atoms with van der Waals surface area (Å²) in [6.07, 6.45) is 8.08. The van der Waals surface area contributed by atoms with Crippen molar-refractivity contribution in [3.05, 3.63) is 41.7 Å². The first-order valence-electron chi connectivity index (χ1n) is 8.95. The molecule has 2 aromatic rings. The smallest absolute Gasteiger partial charge is 0.288 e. The van der Waals surface area contributed by atoms with Crippen LogP contribution in [-0.2, 0) is 19.5 Å². The molecule has 1 N–H and O–H groups in total. The number of aromatic nitrogens is 4. The first-order chi connectivity index (χ1) is 12.2. The summed E-state index contributed by atoms with van der Waals surface area (Å²) in [5.74, 6) is 1.25. The van der Waals surface area contributed by atoms with Crippen molar-refractivity contribution in [1.29, 1.82) is 0 Å². The Bertz CT molecular complexity index is 748. The van der Waals surface area contributed by atoms with Gasteiger partial charge in [-0.1, -0.05) is 0 Å². The number of carbonyl (C=O) groups excluding carboxylic acids is 1. The maximum absolute atomic E-state index is 12.0. The summed E-state index contributed by atoms with van der Waals surface area (Å²) < 4.78 is 2.04. The number of likely N-dealkylation sites (tertiary alicyclic amines) is 1. The zero-order valence-corrected chi connectivity index (χ0v) is 14.6. The van der Waals surface area contributed by atoms with Crippen LogP contribution in [0.3, 0.4) is 0 Å². The van der Waals surface area contributed by atoms with E-state index in [2.05, 4.69) is 37.5 Å². The molecule has 2 aromatic heterocycles. The Labute approximate surface area is 147 Å². The molecule has 7 heteroatoms. The van der Waals surface area contributed by atoms with Crippen molar-refractivity contribution in [2.75, 3.05) is 20.1 Å². The van der Waals surface area contributed by atoms with Crippen LogP contribution in [0.25, 0.3) is 0 Å². The summed E-state index contributed by atoms with van der Waals surface area (Å²) >= 11 is 0. The van der Waals surface area contributed by atoms with Crippen LogP contribution >= 0.6 is 0 Å². The zero-order valence-electron chi connectivity index (χ0n) is 14.6. The molecule has 0 saturated carbocycles. The van der Waals surface area contributed by atoms with E-state index in [9.17, 15) is 4.79 Å². The molecule has 0 aliphatic carbocycles. The molecule has 4 heterocycles. The summed E-state index contributed by atoms with van der Waals surface area (Å²) in [5.41, 5.74) is 1.59. The van der Waals surface area contributed by atoms with E-state index >= 15 is 0 Å². The van der Waals surface area contributed by atoms with Crippen molar-refractivity contribution < 1.29 is 4.79 Å². The molecule has 0 radical (unpaired) electrons. The number of hydrogen-bond acceptors (Lipinski definition) is 5. The highest BCUT2D eigenvalue weighted by molar-refractivity contribution is 5.90. The highest BCUT2D eigenvalue weighted by atomic mass is 16.2. The highest BCUT2D eigenvalue weighted by Gasteiger charge is 2.39. The Morgan fingerprint density at radius 3 is 2.68 bits per heavy atom. The lowest BCUT2D eigenvalue weighted by Crippen LogP contribution is -2.44. The second-order valence-corrected chi connectivity index (χ2v) is 7.24. The second-order valence-electron chi connectivity index (χ2n) is 7.24. The van der Waals surface area contributed by atoms with Gasteiger partial charge in [0.05, 0.1) is 0 Å². The fraction of sp³-hybridized carbons (Fsp3) is 0.556. The SMILES string of the molecule is CNC(=O)c1nnc2n1CC1(CC2)CCN(Cc2ccncc2)CC1. The molecule has 2 aliphatic heterocycles. The molecule has 0 bridgehead atoms. The average Bonchev–Trinajstić information content (AvgIpc) is 3.07. The highest BCUT2D eigenvalue weighted by Crippen LogP contribution is 2.41. The fourth-order valence-corrected chi connectivity index (χ4v) is 4.10. The quantitative estimate of drug-likeness (QED) is 0.910. The Morgan fingerprint density at radius 1 is 1.20 bits per heavy atom. The molecule has 1 fully saturated rings. The molecule has 0 aromatic carbocycles. The van der Waals surface area contributed by atoms with Crippen molar-refractivity contribution in [2.45, 2.75) is 38.8 Å². The summed E-state index contributed by atoms with van der Waals surface area (Å²) in [4.78, 5) is 18.6. The summed E-state index contributed by atoms with van der Waals surface area (Å²) in [5, 5.41) is 11.0. The molecule has 0 atom stereocenters. The lowest BCUT2D eigenvalue weighted by molar-refractivity contribution is 0.0618. The molecule has 132 valence electrons. The van der Waals surface area contributed by atoms with Crippen LogP contribution in [-0.4, -0.2) is 50.7 Å². The molecule has 4 rings (SSSR count). The van der Waals surface area contributed by atoms with Gasteiger partial charge >= 0.3 is 0 Å². The van der Waals surface area contributed by atoms with Gasteiger partial charge < -0.3 is 9.88 Å². The second kappa shape index (κ2) is 6.55. The van der Waals surface area contributed by atoms with Gasteiger partial charge in [-0.25, -0.2) is 0 Å². The van der Waals surface area contributed by atoms with Gasteiger partial charge in [-0.2, -0.15) is 0 Å². The number of piperidine rings is 1. The van der Waals surface area contributed by atoms with Crippen LogP contribution in [0.5, 0.6) is 0 Å². The normalized spacial score (nSPS) is 19.6. The molecule has 2 aliphatic rings. The van der Waals surface area contributed by atoms with E-state index in [0.29, 0.717) is 5.82 Å². The molecule has 0 unspecified atom stereocenters. The van der Waals surface area contributed by atoms with Crippen LogP contribution in [0.1, 0.15) is 41.3 Å². The fourth-order valence-electron chi connectivity index (χ4n) is 4.10. The molecule has 7 nitrogen and oxygen atoms in total. The number of pyridine rings is 1. The predicted octanol–water partition coefficient (Wildman–Crippen LogP) is 1.26. The lowest BCUT2D eigenvalue weighted by atomic mass is 9.73. The number of fused-ring (bicyclic) bond motifs is 1. The number of carbonyl (C=O) groups is 1. The largest absolute Gasteiger partial charge is 0.352 e. The third kappa shape index (κ3) is 3.16. The number of aryl methyl sites for hydroxylation is 1. The van der Waals surface area contributed by atoms with Crippen molar-refractivity contribution in [3.63, 3.8) is 0 Å². The van der Waals surface area contributed by atoms with Gasteiger partial charge in [0.25, 0.3) is 5.91 Å². The topological polar surface area (TPSA) is 75.9 Å². The van der Waals surface area contributed by atoms with Gasteiger partial charge in [-0.15, -0.1) is 10.2 Å². The number of amides is 1. The van der Waals surface area contributed by atoms with Gasteiger partial charge in [0.1, 0.15) is 5.82 Å². The van der Waals surface area contributed by atoms with Gasteiger partial charge in [0, 0.05) is 39.0 Å². The average molecular weight is 340 g/mol. The monoisotopic (exact) mass is 340 g/mol. The number of hydrogen-bond donors (Lipinski definition) is 1. The number of nitrogens with one attached hydrogen (secondary N) is 1. The standard InChI is InChI=1S/C18H24N6O/c1-19-17(25)16-22-21-15-2-5-18(13-24(15)16)6-10-23(11-7-18)12-14-3-8-20-9-4-14/h3-4,8-9H,2,5-7,10-13H2,1H3,(H,19,25). The minimum atomic E-state index is -0.147. The lowest BCUT2D eigenvalue weighted by Gasteiger charge is -2.44. The van der Waals surface area contributed by atoms with Gasteiger partial charge in [0.2, 0.25) is 5.82 Å². The van der Waals surface area contributed by atoms with E-state index in [1.165, 1.54) is 5.56 Å². The molecule has 1 amide bonds. The predicted molar refractivity (Wildman–Crippen MR) is 92.9 cm³/mol. The van der Waals surface area contributed by atoms with Gasteiger partial charge in [-0.05, 0) is 55.5 Å². The van der Waals surface area contributed by atoms with E-state index < -0.39 is 0 Å². The number of rotatable bonds is 3. The van der Waals surface area contributed by atoms with E-state index in [1.807, 2.05) is 17.0 Å². The Morgan fingerprint density at radius 2 is 1.96 bits per heavy atom. The van der Waals surface area contributed by atoms with Crippen molar-refractivity contribution in [2.24, 2.45) is 5.41 Å². The Balaban J connectivity index is 1.43. The molecule has 1 spiro atoms. The van der Waals surface area contributed by atoms with Gasteiger partial charge in [0.15, 0.2) is 0 Å². The van der Waals surface area contributed by atoms with Crippen LogP contribution in [0.15, 0.2) is 24.5 Å². The van der Waals surface area contributed by atoms with Crippen LogP contribution in [0, 0.1) is 5.41 Å². The first-order valence-corrected chi connectivity index (χ1v) is 8.95. The van der Waals surface area contributed by atoms with Crippen molar-refractivity contribution in [3.8, 4) is 0 Å². The Hall–Kier alpha value is -2.28. The maximum Gasteiger partial charge on any atom is 0.288 e. The molecular formula is C18H24N6O. The third-order valence-electron chi connectivity index (χ3n) is 5.70. The summed E-state index contributed by atoms with van der Waals surface area (Å²) in [6, 6.07) is 4.17. The van der Waals surface area contributed by atoms with E-state index in [4.69, 9.17) is 0 Å². The van der Waals surface area contributed by atoms with E-state index in [0.717, 1.165) is 57.7 Å². The minimum Gasteiger partial charge on any atom is -0.352 e. The van der Waals surface area contributed by atoms with Crippen molar-refractivity contribution >= 4 is 5.91 Å². The van der Waals surface area contributed by atoms with Gasteiger partial charge in [-0.3, -0.25) is 14.7 Å². The van der Waals surface area contributed by atoms with Crippen LogP contribution < -0.4 is 5.32 Å². The zero-order chi connectivity index (χ0) is 17.3. The molecule has 25 heavy (non-hydrogen) atoms. The third-order valence-corrected chi connectivity index (χ3v) is 5.70. The van der Waals surface area contributed by atoms with E-state index in [-0.39, 0.29) is 11.3 Å². The molecular weight excluding hydrogens is 316 g/mol. The van der Waals surface area contributed by atoms with E-state index in [1.54, 1.807) is 7.05 Å². The van der Waals surface area contributed by atoms with Crippen LogP contribution in [0.2, 0.25) is 0 Å².